The smallest absolute Gasteiger partial charge is 0.253 e. The molecule has 0 saturated carbocycles. The number of benzene rings is 1. The molecule has 1 fully saturated rings. The topological polar surface area (TPSA) is 38.3 Å². The highest BCUT2D eigenvalue weighted by Crippen LogP contribution is 2.23. The zero-order valence-electron chi connectivity index (χ0n) is 10.00. The molecule has 92 valence electrons. The Morgan fingerprint density at radius 1 is 1.47 bits per heavy atom. The molecule has 2 atom stereocenters. The number of carbonyl (C=O) groups is 1. The molecule has 1 heterocycles. The molecule has 1 aliphatic rings. The second kappa shape index (κ2) is 5.19. The number of aryl methyl sites for hydroxylation is 1. The van der Waals surface area contributed by atoms with Gasteiger partial charge in [0.15, 0.2) is 0 Å². The predicted molar refractivity (Wildman–Crippen MR) is 71.0 cm³/mol. The summed E-state index contributed by atoms with van der Waals surface area (Å²) in [6, 6.07) is 5.84. The fraction of sp³-hybridized carbons (Fsp3) is 0.462. The number of ether oxygens (including phenoxy) is 1. The van der Waals surface area contributed by atoms with Gasteiger partial charge in [-0.05, 0) is 43.0 Å². The van der Waals surface area contributed by atoms with Crippen molar-refractivity contribution < 1.29 is 9.53 Å². The highest BCUT2D eigenvalue weighted by Gasteiger charge is 2.30. The van der Waals surface area contributed by atoms with Crippen LogP contribution in [0.4, 0.5) is 5.69 Å². The highest BCUT2D eigenvalue weighted by atomic mass is 79.9. The van der Waals surface area contributed by atoms with Gasteiger partial charge in [-0.1, -0.05) is 22.9 Å². The maximum Gasteiger partial charge on any atom is 0.253 e. The standard InChI is InChI=1S/C13H16BrNO2/c1-8-5-10(14)7-11(6-8)15-13(16)12-9(2)3-4-17-12/h5-7,9,12H,3-4H2,1-2H3,(H,15,16). The largest absolute Gasteiger partial charge is 0.368 e. The van der Waals surface area contributed by atoms with Crippen molar-refractivity contribution in [3.8, 4) is 0 Å². The first-order valence-corrected chi connectivity index (χ1v) is 6.55. The molecule has 4 heteroatoms. The molecule has 0 spiro atoms. The van der Waals surface area contributed by atoms with Gasteiger partial charge in [0.1, 0.15) is 6.10 Å². The van der Waals surface area contributed by atoms with Crippen molar-refractivity contribution >= 4 is 27.5 Å². The lowest BCUT2D eigenvalue weighted by atomic mass is 10.0. The monoisotopic (exact) mass is 297 g/mol. The fourth-order valence-corrected chi connectivity index (χ4v) is 2.66. The Kier molecular flexibility index (Phi) is 3.84. The van der Waals surface area contributed by atoms with Gasteiger partial charge in [0.2, 0.25) is 0 Å². The maximum absolute atomic E-state index is 12.0. The molecule has 2 unspecified atom stereocenters. The molecule has 1 aromatic carbocycles. The van der Waals surface area contributed by atoms with E-state index in [0.717, 1.165) is 22.1 Å². The SMILES string of the molecule is Cc1cc(Br)cc(NC(=O)C2OCCC2C)c1. The van der Waals surface area contributed by atoms with Crippen molar-refractivity contribution in [1.29, 1.82) is 0 Å². The Hall–Kier alpha value is -0.870. The van der Waals surface area contributed by atoms with E-state index in [1.165, 1.54) is 0 Å². The molecule has 0 bridgehead atoms. The summed E-state index contributed by atoms with van der Waals surface area (Å²) in [5, 5.41) is 2.90. The van der Waals surface area contributed by atoms with Crippen LogP contribution in [-0.2, 0) is 9.53 Å². The number of amides is 1. The first-order valence-electron chi connectivity index (χ1n) is 5.76. The zero-order valence-corrected chi connectivity index (χ0v) is 11.6. The third-order valence-corrected chi connectivity index (χ3v) is 3.41. The predicted octanol–water partition coefficient (Wildman–Crippen LogP) is 3.12. The molecule has 0 radical (unpaired) electrons. The van der Waals surface area contributed by atoms with Crippen molar-refractivity contribution in [2.75, 3.05) is 11.9 Å². The van der Waals surface area contributed by atoms with Crippen molar-refractivity contribution in [2.45, 2.75) is 26.4 Å². The van der Waals surface area contributed by atoms with Crippen LogP contribution in [0.25, 0.3) is 0 Å². The van der Waals surface area contributed by atoms with E-state index in [-0.39, 0.29) is 12.0 Å². The molecule has 3 nitrogen and oxygen atoms in total. The number of halogens is 1. The zero-order chi connectivity index (χ0) is 12.4. The van der Waals surface area contributed by atoms with Crippen LogP contribution >= 0.6 is 15.9 Å². The van der Waals surface area contributed by atoms with Crippen LogP contribution in [0.1, 0.15) is 18.9 Å². The lowest BCUT2D eigenvalue weighted by molar-refractivity contribution is -0.126. The summed E-state index contributed by atoms with van der Waals surface area (Å²) in [7, 11) is 0. The first-order chi connectivity index (χ1) is 8.06. The van der Waals surface area contributed by atoms with Crippen LogP contribution in [0.15, 0.2) is 22.7 Å². The Morgan fingerprint density at radius 3 is 2.82 bits per heavy atom. The summed E-state index contributed by atoms with van der Waals surface area (Å²) in [6.07, 6.45) is 0.643. The van der Waals surface area contributed by atoms with Crippen LogP contribution in [0.2, 0.25) is 0 Å². The molecular formula is C13H16BrNO2. The van der Waals surface area contributed by atoms with Crippen molar-refractivity contribution in [2.24, 2.45) is 5.92 Å². The van der Waals surface area contributed by atoms with Gasteiger partial charge in [-0.15, -0.1) is 0 Å². The summed E-state index contributed by atoms with van der Waals surface area (Å²) in [4.78, 5) is 12.0. The molecule has 1 aliphatic heterocycles. The maximum atomic E-state index is 12.0. The van der Waals surface area contributed by atoms with Gasteiger partial charge in [-0.3, -0.25) is 4.79 Å². The lowest BCUT2D eigenvalue weighted by Crippen LogP contribution is -2.31. The molecule has 0 aromatic heterocycles. The van der Waals surface area contributed by atoms with Gasteiger partial charge < -0.3 is 10.1 Å². The highest BCUT2D eigenvalue weighted by molar-refractivity contribution is 9.10. The Balaban J connectivity index is 2.07. The number of hydrogen-bond donors (Lipinski definition) is 1. The third-order valence-electron chi connectivity index (χ3n) is 2.96. The fourth-order valence-electron chi connectivity index (χ4n) is 2.05. The average molecular weight is 298 g/mol. The Morgan fingerprint density at radius 2 is 2.24 bits per heavy atom. The van der Waals surface area contributed by atoms with E-state index in [0.29, 0.717) is 12.5 Å². The molecule has 1 saturated heterocycles. The van der Waals surface area contributed by atoms with E-state index in [2.05, 4.69) is 21.2 Å². The van der Waals surface area contributed by atoms with Gasteiger partial charge in [0, 0.05) is 16.8 Å². The van der Waals surface area contributed by atoms with E-state index in [4.69, 9.17) is 4.74 Å². The van der Waals surface area contributed by atoms with Crippen LogP contribution in [0.5, 0.6) is 0 Å². The molecule has 2 rings (SSSR count). The van der Waals surface area contributed by atoms with Crippen LogP contribution in [0.3, 0.4) is 0 Å². The first kappa shape index (κ1) is 12.6. The molecule has 1 aromatic rings. The number of rotatable bonds is 2. The van der Waals surface area contributed by atoms with Crippen molar-refractivity contribution in [1.82, 2.24) is 0 Å². The van der Waals surface area contributed by atoms with Gasteiger partial charge in [-0.25, -0.2) is 0 Å². The van der Waals surface area contributed by atoms with Gasteiger partial charge in [0.05, 0.1) is 0 Å². The molecular weight excluding hydrogens is 282 g/mol. The van der Waals surface area contributed by atoms with Gasteiger partial charge in [0.25, 0.3) is 5.91 Å². The molecule has 17 heavy (non-hydrogen) atoms. The quantitative estimate of drug-likeness (QED) is 0.911. The lowest BCUT2D eigenvalue weighted by Gasteiger charge is -2.15. The number of carbonyl (C=O) groups excluding carboxylic acids is 1. The minimum Gasteiger partial charge on any atom is -0.368 e. The van der Waals surface area contributed by atoms with Gasteiger partial charge >= 0.3 is 0 Å². The summed E-state index contributed by atoms with van der Waals surface area (Å²) in [6.45, 7) is 4.72. The summed E-state index contributed by atoms with van der Waals surface area (Å²) < 4.78 is 6.40. The second-order valence-electron chi connectivity index (χ2n) is 4.56. The minimum atomic E-state index is -0.311. The summed E-state index contributed by atoms with van der Waals surface area (Å²) in [5.41, 5.74) is 1.92. The third kappa shape index (κ3) is 3.07. The van der Waals surface area contributed by atoms with Crippen molar-refractivity contribution in [3.63, 3.8) is 0 Å². The number of hydrogen-bond acceptors (Lipinski definition) is 2. The summed E-state index contributed by atoms with van der Waals surface area (Å²) >= 11 is 3.42. The van der Waals surface area contributed by atoms with Crippen LogP contribution in [0, 0.1) is 12.8 Å². The summed E-state index contributed by atoms with van der Waals surface area (Å²) in [5.74, 6) is 0.246. The van der Waals surface area contributed by atoms with E-state index in [1.54, 1.807) is 0 Å². The van der Waals surface area contributed by atoms with E-state index in [9.17, 15) is 4.79 Å². The average Bonchev–Trinajstić information content (AvgIpc) is 2.62. The van der Waals surface area contributed by atoms with E-state index >= 15 is 0 Å². The van der Waals surface area contributed by atoms with Crippen LogP contribution < -0.4 is 5.32 Å². The molecule has 1 N–H and O–H groups in total. The van der Waals surface area contributed by atoms with Crippen LogP contribution in [-0.4, -0.2) is 18.6 Å². The van der Waals surface area contributed by atoms with E-state index in [1.807, 2.05) is 32.0 Å². The second-order valence-corrected chi connectivity index (χ2v) is 5.48. The normalized spacial score (nSPS) is 23.7. The van der Waals surface area contributed by atoms with Gasteiger partial charge in [-0.2, -0.15) is 0 Å². The van der Waals surface area contributed by atoms with Crippen molar-refractivity contribution in [3.05, 3.63) is 28.2 Å². The Bertz CT molecular complexity index is 413. The van der Waals surface area contributed by atoms with E-state index < -0.39 is 0 Å². The minimum absolute atomic E-state index is 0.0486. The molecule has 1 amide bonds. The number of nitrogens with one attached hydrogen (secondary N) is 1. The molecule has 0 aliphatic carbocycles. The number of anilines is 1. The Labute approximate surface area is 110 Å².